The Morgan fingerprint density at radius 1 is 1.53 bits per heavy atom. The largest absolute Gasteiger partial charge is 0.491 e. The summed E-state index contributed by atoms with van der Waals surface area (Å²) in [6.07, 6.45) is 0. The van der Waals surface area contributed by atoms with Crippen molar-refractivity contribution in [1.29, 1.82) is 0 Å². The van der Waals surface area contributed by atoms with Gasteiger partial charge in [0.15, 0.2) is 0 Å². The molecule has 1 aromatic carbocycles. The molecule has 1 aromatic rings. The fourth-order valence-electron chi connectivity index (χ4n) is 1.33. The number of ether oxygens (including phenoxy) is 1. The minimum atomic E-state index is -0.991. The summed E-state index contributed by atoms with van der Waals surface area (Å²) in [5.74, 6) is -1.08. The third-order valence-electron chi connectivity index (χ3n) is 2.05. The van der Waals surface area contributed by atoms with Crippen LogP contribution in [0.1, 0.15) is 13.8 Å². The summed E-state index contributed by atoms with van der Waals surface area (Å²) < 4.78 is 18.1. The van der Waals surface area contributed by atoms with Gasteiger partial charge in [0, 0.05) is 12.1 Å². The average molecular weight is 241 g/mol. The molecule has 0 aliphatic carbocycles. The van der Waals surface area contributed by atoms with Gasteiger partial charge in [-0.05, 0) is 12.1 Å². The number of nitrogens with one attached hydrogen (secondary N) is 1. The Morgan fingerprint density at radius 2 is 2.24 bits per heavy atom. The molecule has 1 rings (SSSR count). The van der Waals surface area contributed by atoms with Crippen LogP contribution in [0.25, 0.3) is 0 Å². The van der Waals surface area contributed by atoms with Crippen LogP contribution in [0.3, 0.4) is 0 Å². The highest BCUT2D eigenvalue weighted by Crippen LogP contribution is 2.12. The second-order valence-electron chi connectivity index (χ2n) is 3.98. The van der Waals surface area contributed by atoms with Crippen LogP contribution in [0.5, 0.6) is 5.75 Å². The van der Waals surface area contributed by atoms with Gasteiger partial charge in [-0.3, -0.25) is 10.1 Å². The normalized spacial score (nSPS) is 12.5. The number of hydrogen-bond donors (Lipinski definition) is 2. The molecule has 0 heterocycles. The smallest absolute Gasteiger partial charge is 0.324 e. The zero-order valence-electron chi connectivity index (χ0n) is 9.81. The molecule has 0 aliphatic rings. The number of benzene rings is 1. The number of carboxylic acids is 1. The van der Waals surface area contributed by atoms with Gasteiger partial charge >= 0.3 is 5.97 Å². The number of aliphatic carboxylic acids is 1. The lowest BCUT2D eigenvalue weighted by atomic mass is 10.2. The third kappa shape index (κ3) is 4.82. The molecule has 94 valence electrons. The molecule has 17 heavy (non-hydrogen) atoms. The summed E-state index contributed by atoms with van der Waals surface area (Å²) in [6.45, 7) is 3.65. The van der Waals surface area contributed by atoms with E-state index in [1.807, 2.05) is 13.8 Å². The van der Waals surface area contributed by atoms with Crippen molar-refractivity contribution in [1.82, 2.24) is 5.32 Å². The topological polar surface area (TPSA) is 58.6 Å². The maximum atomic E-state index is 12.8. The van der Waals surface area contributed by atoms with Crippen molar-refractivity contribution in [2.24, 2.45) is 0 Å². The number of carbonyl (C=O) groups is 1. The van der Waals surface area contributed by atoms with Gasteiger partial charge in [-0.15, -0.1) is 0 Å². The first-order chi connectivity index (χ1) is 7.99. The van der Waals surface area contributed by atoms with E-state index in [9.17, 15) is 9.18 Å². The third-order valence-corrected chi connectivity index (χ3v) is 2.05. The van der Waals surface area contributed by atoms with Crippen LogP contribution < -0.4 is 10.1 Å². The fraction of sp³-hybridized carbons (Fsp3) is 0.417. The van der Waals surface area contributed by atoms with Gasteiger partial charge in [0.1, 0.15) is 24.2 Å². The van der Waals surface area contributed by atoms with E-state index in [-0.39, 0.29) is 12.6 Å². The standard InChI is InChI=1S/C12H16FNO3/c1-8(2)14-11(12(15)16)7-17-10-5-3-4-9(13)6-10/h3-6,8,11,14H,7H2,1-2H3,(H,15,16). The Kier molecular flexibility index (Phi) is 4.90. The highest BCUT2D eigenvalue weighted by atomic mass is 19.1. The van der Waals surface area contributed by atoms with Crippen molar-refractivity contribution in [3.63, 3.8) is 0 Å². The van der Waals surface area contributed by atoms with E-state index in [1.165, 1.54) is 18.2 Å². The zero-order chi connectivity index (χ0) is 12.8. The van der Waals surface area contributed by atoms with Crippen molar-refractivity contribution >= 4 is 5.97 Å². The van der Waals surface area contributed by atoms with Crippen LogP contribution in [-0.4, -0.2) is 29.8 Å². The van der Waals surface area contributed by atoms with Crippen molar-refractivity contribution < 1.29 is 19.0 Å². The maximum Gasteiger partial charge on any atom is 0.324 e. The molecular weight excluding hydrogens is 225 g/mol. The van der Waals surface area contributed by atoms with Crippen LogP contribution in [0, 0.1) is 5.82 Å². The predicted octanol–water partition coefficient (Wildman–Crippen LogP) is 1.66. The summed E-state index contributed by atoms with van der Waals surface area (Å²) in [4.78, 5) is 10.9. The molecule has 0 radical (unpaired) electrons. The average Bonchev–Trinajstić information content (AvgIpc) is 2.23. The Hall–Kier alpha value is -1.62. The maximum absolute atomic E-state index is 12.8. The monoisotopic (exact) mass is 241 g/mol. The van der Waals surface area contributed by atoms with Crippen molar-refractivity contribution in [3.8, 4) is 5.75 Å². The Bertz CT molecular complexity index is 382. The molecule has 0 aromatic heterocycles. The highest BCUT2D eigenvalue weighted by molar-refractivity contribution is 5.73. The zero-order valence-corrected chi connectivity index (χ0v) is 9.81. The Morgan fingerprint density at radius 3 is 2.76 bits per heavy atom. The Labute approximate surface area is 99.4 Å². The van der Waals surface area contributed by atoms with Crippen LogP contribution in [0.4, 0.5) is 4.39 Å². The molecule has 0 bridgehead atoms. The SMILES string of the molecule is CC(C)NC(COc1cccc(F)c1)C(=O)O. The fourth-order valence-corrected chi connectivity index (χ4v) is 1.33. The second kappa shape index (κ2) is 6.20. The first kappa shape index (κ1) is 13.4. The van der Waals surface area contributed by atoms with Gasteiger partial charge in [-0.1, -0.05) is 19.9 Å². The van der Waals surface area contributed by atoms with E-state index >= 15 is 0 Å². The van der Waals surface area contributed by atoms with Gasteiger partial charge in [-0.2, -0.15) is 0 Å². The van der Waals surface area contributed by atoms with Gasteiger partial charge < -0.3 is 9.84 Å². The summed E-state index contributed by atoms with van der Waals surface area (Å²) in [5, 5.41) is 11.8. The molecule has 2 N–H and O–H groups in total. The molecule has 0 saturated heterocycles. The molecular formula is C12H16FNO3. The first-order valence-corrected chi connectivity index (χ1v) is 5.36. The van der Waals surface area contributed by atoms with Crippen molar-refractivity contribution in [2.45, 2.75) is 25.9 Å². The molecule has 1 atom stereocenters. The number of rotatable bonds is 6. The van der Waals surface area contributed by atoms with Gasteiger partial charge in [-0.25, -0.2) is 4.39 Å². The van der Waals surface area contributed by atoms with Crippen LogP contribution in [0.15, 0.2) is 24.3 Å². The molecule has 0 aliphatic heterocycles. The molecule has 4 nitrogen and oxygen atoms in total. The number of hydrogen-bond acceptors (Lipinski definition) is 3. The summed E-state index contributed by atoms with van der Waals surface area (Å²) in [6, 6.07) is 4.83. The summed E-state index contributed by atoms with van der Waals surface area (Å²) >= 11 is 0. The van der Waals surface area contributed by atoms with Crippen LogP contribution in [-0.2, 0) is 4.79 Å². The second-order valence-corrected chi connectivity index (χ2v) is 3.98. The first-order valence-electron chi connectivity index (χ1n) is 5.36. The molecule has 0 fully saturated rings. The van der Waals surface area contributed by atoms with Gasteiger partial charge in [0.2, 0.25) is 0 Å². The molecule has 1 unspecified atom stereocenters. The van der Waals surface area contributed by atoms with E-state index in [4.69, 9.17) is 9.84 Å². The Balaban J connectivity index is 2.54. The molecule has 0 saturated carbocycles. The number of carboxylic acid groups (broad SMARTS) is 1. The number of halogens is 1. The molecule has 0 spiro atoms. The minimum absolute atomic E-state index is 0.0345. The van der Waals surface area contributed by atoms with E-state index < -0.39 is 17.8 Å². The summed E-state index contributed by atoms with van der Waals surface area (Å²) in [5.41, 5.74) is 0. The lowest BCUT2D eigenvalue weighted by Gasteiger charge is -2.17. The lowest BCUT2D eigenvalue weighted by molar-refractivity contribution is -0.140. The van der Waals surface area contributed by atoms with E-state index in [0.717, 1.165) is 0 Å². The van der Waals surface area contributed by atoms with Gasteiger partial charge in [0.25, 0.3) is 0 Å². The minimum Gasteiger partial charge on any atom is -0.491 e. The van der Waals surface area contributed by atoms with Crippen LogP contribution >= 0.6 is 0 Å². The highest BCUT2D eigenvalue weighted by Gasteiger charge is 2.18. The molecule has 5 heteroatoms. The predicted molar refractivity (Wildman–Crippen MR) is 61.6 cm³/mol. The van der Waals surface area contributed by atoms with E-state index in [1.54, 1.807) is 6.07 Å². The van der Waals surface area contributed by atoms with Gasteiger partial charge in [0.05, 0.1) is 0 Å². The quantitative estimate of drug-likeness (QED) is 0.795. The lowest BCUT2D eigenvalue weighted by Crippen LogP contribution is -2.44. The van der Waals surface area contributed by atoms with Crippen LogP contribution in [0.2, 0.25) is 0 Å². The van der Waals surface area contributed by atoms with E-state index in [2.05, 4.69) is 5.32 Å². The van der Waals surface area contributed by atoms with Crippen molar-refractivity contribution in [3.05, 3.63) is 30.1 Å². The summed E-state index contributed by atoms with van der Waals surface area (Å²) in [7, 11) is 0. The molecule has 0 amide bonds. The van der Waals surface area contributed by atoms with Crippen molar-refractivity contribution in [2.75, 3.05) is 6.61 Å². The van der Waals surface area contributed by atoms with E-state index in [0.29, 0.717) is 5.75 Å².